The molecule has 3 rings (SSSR count). The lowest BCUT2D eigenvalue weighted by molar-refractivity contribution is -0.121. The van der Waals surface area contributed by atoms with E-state index < -0.39 is 0 Å². The molecule has 5 nitrogen and oxygen atoms in total. The molecule has 1 aromatic heterocycles. The van der Waals surface area contributed by atoms with Gasteiger partial charge in [0.2, 0.25) is 5.91 Å². The predicted octanol–water partition coefficient (Wildman–Crippen LogP) is 4.34. The Kier molecular flexibility index (Phi) is 8.29. The number of fused-ring (bicyclic) bond motifs is 1. The molecular formula is C24H35N3O2. The minimum atomic E-state index is 0.160. The molecule has 0 atom stereocenters. The molecule has 0 saturated carbocycles. The molecule has 1 aliphatic heterocycles. The van der Waals surface area contributed by atoms with E-state index in [9.17, 15) is 4.79 Å². The lowest BCUT2D eigenvalue weighted by Crippen LogP contribution is -2.42. The molecule has 1 aromatic carbocycles. The number of aromatic nitrogens is 1. The molecule has 1 fully saturated rings. The maximum Gasteiger partial charge on any atom is 0.220 e. The second-order valence-electron chi connectivity index (χ2n) is 8.03. The second-order valence-corrected chi connectivity index (χ2v) is 8.03. The van der Waals surface area contributed by atoms with Gasteiger partial charge in [0.25, 0.3) is 0 Å². The molecule has 0 spiro atoms. The Morgan fingerprint density at radius 3 is 2.83 bits per heavy atom. The molecule has 1 amide bonds. The number of carbonyl (C=O) groups excluding carboxylic acids is 1. The van der Waals surface area contributed by atoms with Gasteiger partial charge in [0.05, 0.1) is 0 Å². The molecule has 29 heavy (non-hydrogen) atoms. The standard InChI is InChI=1S/C24H35N3O2/c1-3-5-8-19-17-20-9-6-12-26-24(20)22(18-19)29-21-10-14-27(15-11-21)16-13-25-23(28)7-4-2/h6,9,12,17-18,21H,3-5,7-8,10-11,13-16H2,1-2H3,(H,25,28). The topological polar surface area (TPSA) is 54.5 Å². The van der Waals surface area contributed by atoms with Crippen molar-refractivity contribution in [3.63, 3.8) is 0 Å². The van der Waals surface area contributed by atoms with Crippen LogP contribution in [-0.2, 0) is 11.2 Å². The highest BCUT2D eigenvalue weighted by Gasteiger charge is 2.21. The molecule has 0 unspecified atom stereocenters. The molecule has 1 saturated heterocycles. The lowest BCUT2D eigenvalue weighted by Gasteiger charge is -2.32. The maximum absolute atomic E-state index is 11.6. The normalized spacial score (nSPS) is 15.5. The molecular weight excluding hydrogens is 362 g/mol. The van der Waals surface area contributed by atoms with E-state index in [0.717, 1.165) is 68.5 Å². The number of pyridine rings is 1. The molecule has 2 aromatic rings. The van der Waals surface area contributed by atoms with Crippen molar-refractivity contribution in [1.29, 1.82) is 0 Å². The fourth-order valence-electron chi connectivity index (χ4n) is 3.93. The van der Waals surface area contributed by atoms with Crippen molar-refractivity contribution in [1.82, 2.24) is 15.2 Å². The summed E-state index contributed by atoms with van der Waals surface area (Å²) in [5.41, 5.74) is 2.30. The van der Waals surface area contributed by atoms with E-state index in [-0.39, 0.29) is 12.0 Å². The third-order valence-electron chi connectivity index (χ3n) is 5.60. The zero-order valence-electron chi connectivity index (χ0n) is 18.0. The number of rotatable bonds is 10. The molecule has 0 bridgehead atoms. The first-order valence-corrected chi connectivity index (χ1v) is 11.2. The van der Waals surface area contributed by atoms with Crippen LogP contribution in [0, 0.1) is 0 Å². The number of hydrogen-bond acceptors (Lipinski definition) is 4. The molecule has 1 N–H and O–H groups in total. The van der Waals surface area contributed by atoms with E-state index in [1.807, 2.05) is 19.2 Å². The van der Waals surface area contributed by atoms with Gasteiger partial charge in [0.15, 0.2) is 0 Å². The van der Waals surface area contributed by atoms with Crippen LogP contribution in [0.25, 0.3) is 10.9 Å². The first-order valence-electron chi connectivity index (χ1n) is 11.2. The maximum atomic E-state index is 11.6. The van der Waals surface area contributed by atoms with Gasteiger partial charge in [-0.2, -0.15) is 0 Å². The number of carbonyl (C=O) groups is 1. The summed E-state index contributed by atoms with van der Waals surface area (Å²) in [7, 11) is 0. The van der Waals surface area contributed by atoms with E-state index in [2.05, 4.69) is 40.3 Å². The van der Waals surface area contributed by atoms with Crippen molar-refractivity contribution in [2.45, 2.75) is 64.9 Å². The van der Waals surface area contributed by atoms with Gasteiger partial charge in [-0.25, -0.2) is 0 Å². The average molecular weight is 398 g/mol. The van der Waals surface area contributed by atoms with Crippen molar-refractivity contribution in [3.8, 4) is 5.75 Å². The molecule has 5 heteroatoms. The van der Waals surface area contributed by atoms with Gasteiger partial charge in [-0.05, 0) is 55.9 Å². The molecule has 0 radical (unpaired) electrons. The van der Waals surface area contributed by atoms with Crippen LogP contribution in [0.2, 0.25) is 0 Å². The highest BCUT2D eigenvalue weighted by molar-refractivity contribution is 5.85. The van der Waals surface area contributed by atoms with Crippen LogP contribution in [0.4, 0.5) is 0 Å². The Morgan fingerprint density at radius 1 is 1.24 bits per heavy atom. The number of hydrogen-bond donors (Lipinski definition) is 1. The third kappa shape index (κ3) is 6.43. The van der Waals surface area contributed by atoms with Gasteiger partial charge in [-0.1, -0.05) is 26.3 Å². The molecule has 2 heterocycles. The number of nitrogens with one attached hydrogen (secondary N) is 1. The lowest BCUT2D eigenvalue weighted by atomic mass is 10.0. The van der Waals surface area contributed by atoms with Crippen LogP contribution in [0.5, 0.6) is 5.75 Å². The molecule has 1 aliphatic rings. The largest absolute Gasteiger partial charge is 0.488 e. The van der Waals surface area contributed by atoms with E-state index in [4.69, 9.17) is 4.74 Å². The van der Waals surface area contributed by atoms with Crippen LogP contribution in [0.15, 0.2) is 30.5 Å². The number of benzene rings is 1. The quantitative estimate of drug-likeness (QED) is 0.648. The number of amides is 1. The minimum absolute atomic E-state index is 0.160. The minimum Gasteiger partial charge on any atom is -0.488 e. The smallest absolute Gasteiger partial charge is 0.220 e. The van der Waals surface area contributed by atoms with Gasteiger partial charge >= 0.3 is 0 Å². The number of unbranched alkanes of at least 4 members (excludes halogenated alkanes) is 1. The summed E-state index contributed by atoms with van der Waals surface area (Å²) in [6, 6.07) is 8.56. The first kappa shape index (κ1) is 21.6. The van der Waals surface area contributed by atoms with Gasteiger partial charge in [-0.15, -0.1) is 0 Å². The Labute approximate surface area is 174 Å². The van der Waals surface area contributed by atoms with Crippen molar-refractivity contribution in [3.05, 3.63) is 36.0 Å². The highest BCUT2D eigenvalue weighted by atomic mass is 16.5. The van der Waals surface area contributed by atoms with Crippen LogP contribution in [0.3, 0.4) is 0 Å². The van der Waals surface area contributed by atoms with E-state index >= 15 is 0 Å². The highest BCUT2D eigenvalue weighted by Crippen LogP contribution is 2.29. The Balaban J connectivity index is 1.54. The Morgan fingerprint density at radius 2 is 2.07 bits per heavy atom. The fourth-order valence-corrected chi connectivity index (χ4v) is 3.93. The Hall–Kier alpha value is -2.14. The van der Waals surface area contributed by atoms with Crippen LogP contribution < -0.4 is 10.1 Å². The summed E-state index contributed by atoms with van der Waals surface area (Å²) >= 11 is 0. The van der Waals surface area contributed by atoms with Gasteiger partial charge in [0.1, 0.15) is 17.4 Å². The number of likely N-dealkylation sites (tertiary alicyclic amines) is 1. The van der Waals surface area contributed by atoms with Gasteiger partial charge in [-0.3, -0.25) is 9.78 Å². The fraction of sp³-hybridized carbons (Fsp3) is 0.583. The predicted molar refractivity (Wildman–Crippen MR) is 118 cm³/mol. The summed E-state index contributed by atoms with van der Waals surface area (Å²) in [5.74, 6) is 1.09. The van der Waals surface area contributed by atoms with Crippen LogP contribution >= 0.6 is 0 Å². The average Bonchev–Trinajstić information content (AvgIpc) is 2.74. The SMILES string of the molecule is CCCCc1cc(OC2CCN(CCNC(=O)CCC)CC2)c2ncccc2c1. The summed E-state index contributed by atoms with van der Waals surface area (Å²) < 4.78 is 6.45. The monoisotopic (exact) mass is 397 g/mol. The number of nitrogens with zero attached hydrogens (tertiary/aromatic N) is 2. The summed E-state index contributed by atoms with van der Waals surface area (Å²) in [5, 5.41) is 4.17. The number of ether oxygens (including phenoxy) is 1. The van der Waals surface area contributed by atoms with Crippen molar-refractivity contribution < 1.29 is 9.53 Å². The van der Waals surface area contributed by atoms with E-state index in [1.165, 1.54) is 18.4 Å². The summed E-state index contributed by atoms with van der Waals surface area (Å²) in [4.78, 5) is 18.6. The Bertz CT molecular complexity index is 785. The summed E-state index contributed by atoms with van der Waals surface area (Å²) in [6.45, 7) is 7.92. The van der Waals surface area contributed by atoms with Crippen LogP contribution in [0.1, 0.15) is 57.9 Å². The number of aryl methyl sites for hydroxylation is 1. The van der Waals surface area contributed by atoms with Crippen molar-refractivity contribution in [2.24, 2.45) is 0 Å². The van der Waals surface area contributed by atoms with Crippen molar-refractivity contribution >= 4 is 16.8 Å². The second kappa shape index (κ2) is 11.1. The zero-order valence-corrected chi connectivity index (χ0v) is 18.0. The van der Waals surface area contributed by atoms with Crippen LogP contribution in [-0.4, -0.2) is 48.1 Å². The first-order chi connectivity index (χ1) is 14.2. The van der Waals surface area contributed by atoms with Gasteiger partial charge < -0.3 is 15.0 Å². The molecule has 0 aliphatic carbocycles. The number of piperidine rings is 1. The van der Waals surface area contributed by atoms with E-state index in [1.54, 1.807) is 0 Å². The van der Waals surface area contributed by atoms with Crippen molar-refractivity contribution in [2.75, 3.05) is 26.2 Å². The third-order valence-corrected chi connectivity index (χ3v) is 5.60. The summed E-state index contributed by atoms with van der Waals surface area (Å²) in [6.07, 6.45) is 9.08. The molecule has 158 valence electrons. The van der Waals surface area contributed by atoms with Gasteiger partial charge in [0, 0.05) is 44.2 Å². The zero-order chi connectivity index (χ0) is 20.5. The van der Waals surface area contributed by atoms with E-state index in [0.29, 0.717) is 6.42 Å².